The van der Waals surface area contributed by atoms with Gasteiger partial charge >= 0.3 is 0 Å². The molecule has 52 valence electrons. The van der Waals surface area contributed by atoms with Gasteiger partial charge in [0.05, 0.1) is 6.26 Å². The van der Waals surface area contributed by atoms with Crippen LogP contribution in [0.4, 0.5) is 0 Å². The summed E-state index contributed by atoms with van der Waals surface area (Å²) >= 11 is 0. The molecule has 0 amide bonds. The Morgan fingerprint density at radius 3 is 2.60 bits per heavy atom. The minimum Gasteiger partial charge on any atom is -0.470 e. The predicted molar refractivity (Wildman–Crippen MR) is 41.1 cm³/mol. The molecular formula is C9H10O. The second kappa shape index (κ2) is 3.72. The fourth-order valence-electron chi connectivity index (χ4n) is 0.615. The summed E-state index contributed by atoms with van der Waals surface area (Å²) in [6, 6.07) is 11.5. The third-order valence-electron chi connectivity index (χ3n) is 1.11. The van der Waals surface area contributed by atoms with E-state index in [4.69, 9.17) is 4.42 Å². The van der Waals surface area contributed by atoms with Crippen molar-refractivity contribution < 1.29 is 4.42 Å². The highest BCUT2D eigenvalue weighted by Gasteiger charge is 1.71. The quantitative estimate of drug-likeness (QED) is 0.531. The maximum atomic E-state index is 5.14. The van der Waals surface area contributed by atoms with E-state index < -0.39 is 0 Å². The summed E-state index contributed by atoms with van der Waals surface area (Å²) in [7, 11) is 0. The lowest BCUT2D eigenvalue weighted by atomic mass is 10.4. The van der Waals surface area contributed by atoms with Gasteiger partial charge in [0.15, 0.2) is 0 Å². The number of rotatable bonds is 0. The van der Waals surface area contributed by atoms with Crippen LogP contribution in [0.15, 0.2) is 47.1 Å². The molecule has 0 N–H and O–H groups in total. The van der Waals surface area contributed by atoms with Gasteiger partial charge in [0, 0.05) is 0 Å². The molecule has 0 spiro atoms. The van der Waals surface area contributed by atoms with Crippen LogP contribution in [0.2, 0.25) is 0 Å². The third-order valence-corrected chi connectivity index (χ3v) is 1.11. The van der Waals surface area contributed by atoms with Crippen LogP contribution in [-0.4, -0.2) is 0 Å². The van der Waals surface area contributed by atoms with Crippen LogP contribution < -0.4 is 0 Å². The Hall–Kier alpha value is -1.24. The molecule has 0 aliphatic rings. The van der Waals surface area contributed by atoms with Crippen molar-refractivity contribution in [2.24, 2.45) is 0 Å². The van der Waals surface area contributed by atoms with Crippen molar-refractivity contribution in [3.63, 3.8) is 0 Å². The van der Waals surface area contributed by atoms with Crippen LogP contribution in [0.3, 0.4) is 0 Å². The van der Waals surface area contributed by atoms with Crippen LogP contribution in [0, 0.1) is 6.92 Å². The molecule has 0 radical (unpaired) electrons. The van der Waals surface area contributed by atoms with Gasteiger partial charge in [-0.15, -0.1) is 0 Å². The van der Waals surface area contributed by atoms with Gasteiger partial charge in [-0.1, -0.05) is 24.3 Å². The molecule has 1 nitrogen and oxygen atoms in total. The lowest BCUT2D eigenvalue weighted by Crippen LogP contribution is -1.57. The average Bonchev–Trinajstić information content (AvgIpc) is 2.02. The summed E-state index contributed by atoms with van der Waals surface area (Å²) < 4.78 is 5.14. The minimum atomic E-state index is 0.899. The highest BCUT2D eigenvalue weighted by Crippen LogP contribution is 1.90. The summed E-state index contributed by atoms with van der Waals surface area (Å²) in [5, 5.41) is 0. The number of hydrogen-bond donors (Lipinski definition) is 0. The molecule has 0 fully saturated rings. The van der Waals surface area contributed by atoms with Crippen molar-refractivity contribution >= 4 is 0 Å². The van der Waals surface area contributed by atoms with Crippen LogP contribution in [-0.2, 0) is 0 Å². The first-order valence-electron chi connectivity index (χ1n) is 3.23. The van der Waals surface area contributed by atoms with E-state index in [1.165, 1.54) is 0 Å². The first-order valence-corrected chi connectivity index (χ1v) is 3.23. The van der Waals surface area contributed by atoms with Crippen LogP contribution in [0.5, 0.6) is 0 Å². The zero-order valence-electron chi connectivity index (χ0n) is 5.95. The number of hydrogen-bond acceptors (Lipinski definition) is 1. The Kier molecular flexibility index (Phi) is 2.56. The third kappa shape index (κ3) is 2.35. The normalized spacial score (nSPS) is 8.50. The second-order valence-electron chi connectivity index (χ2n) is 1.99. The van der Waals surface area contributed by atoms with Gasteiger partial charge in [0.25, 0.3) is 0 Å². The topological polar surface area (TPSA) is 13.1 Å². The van der Waals surface area contributed by atoms with Crippen molar-refractivity contribution in [3.8, 4) is 0 Å². The fraction of sp³-hybridized carbons (Fsp3) is 0.111. The molecule has 0 unspecified atom stereocenters. The first kappa shape index (κ1) is 6.87. The Bertz CT molecular complexity index is 212. The zero-order valence-corrected chi connectivity index (χ0v) is 5.95. The van der Waals surface area contributed by atoms with Gasteiger partial charge in [0.2, 0.25) is 0 Å². The van der Waals surface area contributed by atoms with Crippen molar-refractivity contribution in [2.45, 2.75) is 6.92 Å². The number of aryl methyl sites for hydroxylation is 1. The molecule has 1 aromatic rings. The molecule has 0 aromatic carbocycles. The van der Waals surface area contributed by atoms with Crippen molar-refractivity contribution in [3.05, 3.63) is 48.4 Å². The van der Waals surface area contributed by atoms with Crippen molar-refractivity contribution in [2.75, 3.05) is 0 Å². The van der Waals surface area contributed by atoms with E-state index in [0.29, 0.717) is 0 Å². The smallest absolute Gasteiger partial charge is 0.100 e. The Morgan fingerprint density at radius 1 is 1.00 bits per heavy atom. The maximum Gasteiger partial charge on any atom is 0.100 e. The summed E-state index contributed by atoms with van der Waals surface area (Å²) in [5.41, 5.74) is 0. The Balaban J connectivity index is 3.13. The van der Waals surface area contributed by atoms with Gasteiger partial charge in [-0.25, -0.2) is 0 Å². The monoisotopic (exact) mass is 134 g/mol. The second-order valence-corrected chi connectivity index (χ2v) is 1.99. The van der Waals surface area contributed by atoms with E-state index in [1.807, 2.05) is 43.3 Å². The van der Waals surface area contributed by atoms with Crippen molar-refractivity contribution in [1.82, 2.24) is 0 Å². The molecule has 1 rings (SSSR count). The zero-order chi connectivity index (χ0) is 7.23. The van der Waals surface area contributed by atoms with Crippen molar-refractivity contribution in [1.29, 1.82) is 0 Å². The van der Waals surface area contributed by atoms with E-state index in [1.54, 1.807) is 6.26 Å². The van der Waals surface area contributed by atoms with Gasteiger partial charge in [-0.3, -0.25) is 0 Å². The molecule has 10 heavy (non-hydrogen) atoms. The SMILES string of the molecule is Cc1ccccccco1. The van der Waals surface area contributed by atoms with Crippen LogP contribution >= 0.6 is 0 Å². The molecular weight excluding hydrogens is 124 g/mol. The summed E-state index contributed by atoms with van der Waals surface area (Å²) in [6.07, 6.45) is 1.66. The Labute approximate surface area is 60.6 Å². The molecule has 1 aromatic heterocycles. The molecule has 0 aliphatic carbocycles. The van der Waals surface area contributed by atoms with E-state index in [-0.39, 0.29) is 0 Å². The van der Waals surface area contributed by atoms with Gasteiger partial charge in [-0.2, -0.15) is 0 Å². The molecule has 0 atom stereocenters. The molecule has 1 heterocycles. The molecule has 1 heteroatoms. The molecule has 0 saturated carbocycles. The summed E-state index contributed by atoms with van der Waals surface area (Å²) in [4.78, 5) is 0. The highest BCUT2D eigenvalue weighted by atomic mass is 16.3. The highest BCUT2D eigenvalue weighted by molar-refractivity contribution is 4.97. The van der Waals surface area contributed by atoms with Gasteiger partial charge < -0.3 is 4.42 Å². The lowest BCUT2D eigenvalue weighted by molar-refractivity contribution is 0.521. The van der Waals surface area contributed by atoms with Crippen LogP contribution in [0.1, 0.15) is 5.76 Å². The van der Waals surface area contributed by atoms with E-state index in [2.05, 4.69) is 0 Å². The lowest BCUT2D eigenvalue weighted by Gasteiger charge is -1.78. The average molecular weight is 134 g/mol. The molecule has 0 aliphatic heterocycles. The predicted octanol–water partition coefficient (Wildman–Crippen LogP) is 2.71. The summed E-state index contributed by atoms with van der Waals surface area (Å²) in [6.45, 7) is 1.92. The maximum absolute atomic E-state index is 5.14. The van der Waals surface area contributed by atoms with E-state index in [9.17, 15) is 0 Å². The first-order chi connectivity index (χ1) is 4.89. The Morgan fingerprint density at radius 2 is 1.70 bits per heavy atom. The largest absolute Gasteiger partial charge is 0.470 e. The molecule has 0 saturated heterocycles. The standard InChI is InChI=1S/C9H10O/c1-9-7-5-3-2-4-6-8-10-9/h2-8H,1H3. The minimum absolute atomic E-state index is 0.899. The van der Waals surface area contributed by atoms with E-state index in [0.717, 1.165) is 5.76 Å². The van der Waals surface area contributed by atoms with Gasteiger partial charge in [0.1, 0.15) is 5.76 Å². The van der Waals surface area contributed by atoms with Gasteiger partial charge in [-0.05, 0) is 19.1 Å². The van der Waals surface area contributed by atoms with Crippen LogP contribution in [0.25, 0.3) is 0 Å². The molecule has 0 bridgehead atoms. The van der Waals surface area contributed by atoms with E-state index >= 15 is 0 Å². The summed E-state index contributed by atoms with van der Waals surface area (Å²) in [5.74, 6) is 0.899. The fourth-order valence-corrected chi connectivity index (χ4v) is 0.615.